The normalized spacial score (nSPS) is 26.1. The van der Waals surface area contributed by atoms with Gasteiger partial charge in [0, 0.05) is 45.3 Å². The van der Waals surface area contributed by atoms with Crippen LogP contribution in [0.1, 0.15) is 12.8 Å². The zero-order valence-corrected chi connectivity index (χ0v) is 10.5. The summed E-state index contributed by atoms with van der Waals surface area (Å²) in [5.74, 6) is 0.481. The van der Waals surface area contributed by atoms with Gasteiger partial charge >= 0.3 is 6.03 Å². The van der Waals surface area contributed by atoms with Crippen LogP contribution in [0.5, 0.6) is 0 Å². The summed E-state index contributed by atoms with van der Waals surface area (Å²) in [6.07, 6.45) is 1.83. The molecule has 0 saturated carbocycles. The highest BCUT2D eigenvalue weighted by molar-refractivity contribution is 5.80. The number of piperidine rings is 1. The number of likely N-dealkylation sites (tertiary alicyclic amines) is 1. The minimum atomic E-state index is 0.0583. The largest absolute Gasteiger partial charge is 0.342 e. The summed E-state index contributed by atoms with van der Waals surface area (Å²) >= 11 is 0. The summed E-state index contributed by atoms with van der Waals surface area (Å²) in [4.78, 5) is 27.5. The van der Waals surface area contributed by atoms with Gasteiger partial charge in [-0.3, -0.25) is 4.79 Å². The Kier molecular flexibility index (Phi) is 3.11. The first kappa shape index (κ1) is 11.8. The van der Waals surface area contributed by atoms with E-state index in [1.165, 1.54) is 0 Å². The van der Waals surface area contributed by atoms with Gasteiger partial charge < -0.3 is 20.4 Å². The van der Waals surface area contributed by atoms with E-state index in [0.717, 1.165) is 52.1 Å². The van der Waals surface area contributed by atoms with E-state index in [0.29, 0.717) is 6.04 Å². The Balaban J connectivity index is 1.51. The van der Waals surface area contributed by atoms with Gasteiger partial charge in [-0.15, -0.1) is 0 Å². The van der Waals surface area contributed by atoms with Crippen LogP contribution in [0.15, 0.2) is 0 Å². The molecule has 3 fully saturated rings. The standard InChI is InChI=1S/C12H20N4O2/c17-11(9-7-13-8-9)15-4-1-10(2-5-15)16-6-3-14-12(16)18/h9-10,13H,1-8H2,(H,14,18). The second-order valence-corrected chi connectivity index (χ2v) is 5.34. The third-order valence-corrected chi connectivity index (χ3v) is 4.24. The van der Waals surface area contributed by atoms with Crippen LogP contribution >= 0.6 is 0 Å². The van der Waals surface area contributed by atoms with Gasteiger partial charge in [-0.2, -0.15) is 0 Å². The molecular formula is C12H20N4O2. The first-order chi connectivity index (χ1) is 8.75. The quantitative estimate of drug-likeness (QED) is 0.678. The monoisotopic (exact) mass is 252 g/mol. The first-order valence-electron chi connectivity index (χ1n) is 6.79. The number of amides is 3. The molecular weight excluding hydrogens is 232 g/mol. The molecule has 0 atom stereocenters. The van der Waals surface area contributed by atoms with Crippen molar-refractivity contribution < 1.29 is 9.59 Å². The zero-order chi connectivity index (χ0) is 12.5. The lowest BCUT2D eigenvalue weighted by Gasteiger charge is -2.39. The van der Waals surface area contributed by atoms with E-state index in [-0.39, 0.29) is 17.9 Å². The fraction of sp³-hybridized carbons (Fsp3) is 0.833. The molecule has 0 aliphatic carbocycles. The minimum Gasteiger partial charge on any atom is -0.342 e. The summed E-state index contributed by atoms with van der Waals surface area (Å²) in [7, 11) is 0. The maximum Gasteiger partial charge on any atom is 0.317 e. The molecule has 2 N–H and O–H groups in total. The summed E-state index contributed by atoms with van der Waals surface area (Å²) in [5, 5.41) is 5.97. The van der Waals surface area contributed by atoms with E-state index in [9.17, 15) is 9.59 Å². The van der Waals surface area contributed by atoms with Crippen LogP contribution in [0.25, 0.3) is 0 Å². The van der Waals surface area contributed by atoms with Gasteiger partial charge in [-0.25, -0.2) is 4.79 Å². The molecule has 0 radical (unpaired) electrons. The Morgan fingerprint density at radius 2 is 1.89 bits per heavy atom. The number of nitrogens with zero attached hydrogens (tertiary/aromatic N) is 2. The van der Waals surface area contributed by atoms with Crippen LogP contribution < -0.4 is 10.6 Å². The molecule has 6 nitrogen and oxygen atoms in total. The van der Waals surface area contributed by atoms with E-state index >= 15 is 0 Å². The first-order valence-corrected chi connectivity index (χ1v) is 6.79. The molecule has 3 aliphatic heterocycles. The van der Waals surface area contributed by atoms with Crippen molar-refractivity contribution in [2.75, 3.05) is 39.3 Å². The summed E-state index contributed by atoms with van der Waals surface area (Å²) in [5.41, 5.74) is 0. The van der Waals surface area contributed by atoms with Gasteiger partial charge in [-0.05, 0) is 12.8 Å². The lowest BCUT2D eigenvalue weighted by Crippen LogP contribution is -2.55. The van der Waals surface area contributed by atoms with Crippen LogP contribution in [0.4, 0.5) is 4.79 Å². The number of hydrogen-bond acceptors (Lipinski definition) is 3. The molecule has 18 heavy (non-hydrogen) atoms. The van der Waals surface area contributed by atoms with Gasteiger partial charge in [0.05, 0.1) is 5.92 Å². The number of hydrogen-bond donors (Lipinski definition) is 2. The third kappa shape index (κ3) is 2.05. The van der Waals surface area contributed by atoms with Crippen LogP contribution in [-0.4, -0.2) is 67.0 Å². The zero-order valence-electron chi connectivity index (χ0n) is 10.5. The third-order valence-electron chi connectivity index (χ3n) is 4.24. The van der Waals surface area contributed by atoms with Gasteiger partial charge in [0.25, 0.3) is 0 Å². The van der Waals surface area contributed by atoms with Crippen molar-refractivity contribution >= 4 is 11.9 Å². The van der Waals surface area contributed by atoms with E-state index in [2.05, 4.69) is 10.6 Å². The van der Waals surface area contributed by atoms with Gasteiger partial charge in [0.1, 0.15) is 0 Å². The van der Waals surface area contributed by atoms with Crippen LogP contribution in [0, 0.1) is 5.92 Å². The number of carbonyl (C=O) groups excluding carboxylic acids is 2. The Labute approximate surface area is 107 Å². The fourth-order valence-corrected chi connectivity index (χ4v) is 2.95. The molecule has 6 heteroatoms. The van der Waals surface area contributed by atoms with Gasteiger partial charge in [0.2, 0.25) is 5.91 Å². The Bertz CT molecular complexity index is 348. The Morgan fingerprint density at radius 1 is 1.17 bits per heavy atom. The Hall–Kier alpha value is -1.30. The predicted molar refractivity (Wildman–Crippen MR) is 66.1 cm³/mol. The van der Waals surface area contributed by atoms with E-state index < -0.39 is 0 Å². The highest BCUT2D eigenvalue weighted by Gasteiger charge is 2.35. The van der Waals surface area contributed by atoms with Crippen LogP contribution in [0.3, 0.4) is 0 Å². The van der Waals surface area contributed by atoms with E-state index in [4.69, 9.17) is 0 Å². The molecule has 3 aliphatic rings. The average Bonchev–Trinajstić information content (AvgIpc) is 2.73. The fourth-order valence-electron chi connectivity index (χ4n) is 2.95. The van der Waals surface area contributed by atoms with E-state index in [1.54, 1.807) is 0 Å². The van der Waals surface area contributed by atoms with Crippen molar-refractivity contribution in [2.24, 2.45) is 5.92 Å². The van der Waals surface area contributed by atoms with Crippen molar-refractivity contribution in [3.05, 3.63) is 0 Å². The second-order valence-electron chi connectivity index (χ2n) is 5.34. The van der Waals surface area contributed by atoms with Gasteiger partial charge in [0.15, 0.2) is 0 Å². The summed E-state index contributed by atoms with van der Waals surface area (Å²) < 4.78 is 0. The maximum atomic E-state index is 12.1. The molecule has 100 valence electrons. The summed E-state index contributed by atoms with van der Waals surface area (Å²) in [6.45, 7) is 4.81. The molecule has 3 amide bonds. The minimum absolute atomic E-state index is 0.0583. The highest BCUT2D eigenvalue weighted by Crippen LogP contribution is 2.20. The van der Waals surface area contributed by atoms with Crippen molar-refractivity contribution in [1.82, 2.24) is 20.4 Å². The number of carbonyl (C=O) groups is 2. The average molecular weight is 252 g/mol. The van der Waals surface area contributed by atoms with Crippen LogP contribution in [-0.2, 0) is 4.79 Å². The molecule has 3 heterocycles. The lowest BCUT2D eigenvalue weighted by atomic mass is 9.98. The molecule has 0 bridgehead atoms. The molecule has 0 spiro atoms. The SMILES string of the molecule is O=C(C1CNC1)N1CCC(N2CCNC2=O)CC1. The van der Waals surface area contributed by atoms with Crippen LogP contribution in [0.2, 0.25) is 0 Å². The molecule has 0 unspecified atom stereocenters. The number of rotatable bonds is 2. The van der Waals surface area contributed by atoms with Crippen molar-refractivity contribution in [1.29, 1.82) is 0 Å². The van der Waals surface area contributed by atoms with Gasteiger partial charge in [-0.1, -0.05) is 0 Å². The smallest absolute Gasteiger partial charge is 0.317 e. The van der Waals surface area contributed by atoms with Crippen molar-refractivity contribution in [2.45, 2.75) is 18.9 Å². The maximum absolute atomic E-state index is 12.1. The summed E-state index contributed by atoms with van der Waals surface area (Å²) in [6, 6.07) is 0.374. The number of nitrogens with one attached hydrogen (secondary N) is 2. The molecule has 0 aromatic rings. The molecule has 0 aromatic heterocycles. The van der Waals surface area contributed by atoms with Crippen molar-refractivity contribution in [3.8, 4) is 0 Å². The highest BCUT2D eigenvalue weighted by atomic mass is 16.2. The molecule has 3 saturated heterocycles. The molecule has 3 rings (SSSR count). The lowest BCUT2D eigenvalue weighted by molar-refractivity contribution is -0.138. The van der Waals surface area contributed by atoms with E-state index in [1.807, 2.05) is 9.80 Å². The Morgan fingerprint density at radius 3 is 2.39 bits per heavy atom. The topological polar surface area (TPSA) is 64.7 Å². The second kappa shape index (κ2) is 4.76. The number of urea groups is 1. The van der Waals surface area contributed by atoms with Crippen molar-refractivity contribution in [3.63, 3.8) is 0 Å². The molecule has 0 aromatic carbocycles. The predicted octanol–water partition coefficient (Wildman–Crippen LogP) is -0.778.